The third kappa shape index (κ3) is 6.47. The minimum absolute atomic E-state index is 0.319. The molecule has 0 saturated carbocycles. The van der Waals surface area contributed by atoms with Crippen LogP contribution in [0.15, 0.2) is 36.4 Å². The van der Waals surface area contributed by atoms with Gasteiger partial charge in [0.15, 0.2) is 0 Å². The van der Waals surface area contributed by atoms with Gasteiger partial charge >= 0.3 is 0 Å². The van der Waals surface area contributed by atoms with Crippen LogP contribution in [0.4, 0.5) is 0 Å². The van der Waals surface area contributed by atoms with Crippen LogP contribution in [0.5, 0.6) is 0 Å². The average Bonchev–Trinajstić information content (AvgIpc) is 2.86. The maximum Gasteiger partial charge on any atom is 0.127 e. The number of rotatable bonds is 12. The van der Waals surface area contributed by atoms with E-state index in [1.165, 1.54) is 11.1 Å². The molecule has 0 atom stereocenters. The van der Waals surface area contributed by atoms with Gasteiger partial charge in [0, 0.05) is 0 Å². The summed E-state index contributed by atoms with van der Waals surface area (Å²) in [6.07, 6.45) is 6.24. The largest absolute Gasteiger partial charge is 0.395 e. The van der Waals surface area contributed by atoms with Gasteiger partial charge in [-0.25, -0.2) is 0 Å². The first-order chi connectivity index (χ1) is 17.3. The predicted octanol–water partition coefficient (Wildman–Crippen LogP) is 6.17. The van der Waals surface area contributed by atoms with Crippen molar-refractivity contribution in [1.29, 1.82) is 0 Å². The Morgan fingerprint density at radius 1 is 0.568 bits per heavy atom. The lowest BCUT2D eigenvalue weighted by Crippen LogP contribution is -2.55. The van der Waals surface area contributed by atoms with Gasteiger partial charge in [0.1, 0.15) is 5.60 Å². The fourth-order valence-corrected chi connectivity index (χ4v) is 5.34. The molecule has 0 saturated heterocycles. The molecular formula is C33H52O4. The molecule has 0 aromatic heterocycles. The van der Waals surface area contributed by atoms with Gasteiger partial charge in [0.05, 0.1) is 25.2 Å². The molecule has 4 nitrogen and oxygen atoms in total. The Morgan fingerprint density at radius 2 is 0.919 bits per heavy atom. The Hall–Kier alpha value is -1.72. The number of benzene rings is 2. The lowest BCUT2D eigenvalue weighted by Gasteiger charge is -2.48. The highest BCUT2D eigenvalue weighted by Gasteiger charge is 2.55. The summed E-state index contributed by atoms with van der Waals surface area (Å²) in [5.41, 5.74) is 1.51. The molecule has 0 heterocycles. The Labute approximate surface area is 225 Å². The van der Waals surface area contributed by atoms with Crippen LogP contribution in [0.2, 0.25) is 0 Å². The first-order valence-electron chi connectivity index (χ1n) is 14.1. The monoisotopic (exact) mass is 512 g/mol. The maximum atomic E-state index is 13.0. The zero-order valence-electron chi connectivity index (χ0n) is 24.6. The first kappa shape index (κ1) is 31.5. The second-order valence-corrected chi connectivity index (χ2v) is 12.9. The fourth-order valence-electron chi connectivity index (χ4n) is 5.34. The second-order valence-electron chi connectivity index (χ2n) is 12.9. The van der Waals surface area contributed by atoms with E-state index in [0.717, 1.165) is 49.7 Å². The quantitative estimate of drug-likeness (QED) is 0.274. The number of aliphatic hydroxyl groups is 4. The molecule has 0 fully saturated rings. The molecule has 37 heavy (non-hydrogen) atoms. The lowest BCUT2D eigenvalue weighted by molar-refractivity contribution is -0.137. The number of aryl methyl sites for hydroxylation is 2. The van der Waals surface area contributed by atoms with E-state index in [-0.39, 0.29) is 10.8 Å². The summed E-state index contributed by atoms with van der Waals surface area (Å²) in [6.45, 7) is 15.3. The SMILES string of the molecule is CCCCc1ccc(C(O)(c2ccc(CCCC)cc2C(C)(C)C)C(CO)(CO)CO)c(C(C)(C)C)c1. The highest BCUT2D eigenvalue weighted by Crippen LogP contribution is 2.51. The second kappa shape index (κ2) is 12.4. The van der Waals surface area contributed by atoms with Crippen LogP contribution in [-0.2, 0) is 29.3 Å². The first-order valence-corrected chi connectivity index (χ1v) is 14.1. The van der Waals surface area contributed by atoms with Crippen molar-refractivity contribution in [3.8, 4) is 0 Å². The third-order valence-corrected chi connectivity index (χ3v) is 7.88. The molecular weight excluding hydrogens is 460 g/mol. The Balaban J connectivity index is 3.03. The fraction of sp³-hybridized carbons (Fsp3) is 0.636. The molecule has 0 aliphatic heterocycles. The molecule has 0 amide bonds. The van der Waals surface area contributed by atoms with Crippen LogP contribution in [0.25, 0.3) is 0 Å². The van der Waals surface area contributed by atoms with Crippen molar-refractivity contribution in [1.82, 2.24) is 0 Å². The zero-order chi connectivity index (χ0) is 28.1. The van der Waals surface area contributed by atoms with E-state index in [1.54, 1.807) is 0 Å². The molecule has 0 bridgehead atoms. The van der Waals surface area contributed by atoms with Gasteiger partial charge in [-0.3, -0.25) is 0 Å². The molecule has 4 N–H and O–H groups in total. The minimum atomic E-state index is -1.83. The standard InChI is InChI=1S/C33H52O4/c1-9-11-13-24-15-17-26(28(19-24)30(3,4)5)33(37,32(21-34,22-35)23-36)27-18-16-25(14-12-10-2)20-29(27)31(6,7)8/h15-20,34-37H,9-14,21-23H2,1-8H3. The van der Waals surface area contributed by atoms with E-state index < -0.39 is 30.8 Å². The zero-order valence-corrected chi connectivity index (χ0v) is 24.6. The van der Waals surface area contributed by atoms with Crippen LogP contribution in [0, 0.1) is 5.41 Å². The van der Waals surface area contributed by atoms with Crippen LogP contribution in [-0.4, -0.2) is 40.2 Å². The summed E-state index contributed by atoms with van der Waals surface area (Å²) in [7, 11) is 0. The smallest absolute Gasteiger partial charge is 0.127 e. The molecule has 0 unspecified atom stereocenters. The number of aliphatic hydroxyl groups excluding tert-OH is 3. The third-order valence-electron chi connectivity index (χ3n) is 7.88. The van der Waals surface area contributed by atoms with E-state index in [9.17, 15) is 20.4 Å². The molecule has 0 aliphatic carbocycles. The van der Waals surface area contributed by atoms with E-state index in [0.29, 0.717) is 11.1 Å². The van der Waals surface area contributed by atoms with Gasteiger partial charge in [-0.05, 0) is 69.9 Å². The van der Waals surface area contributed by atoms with Gasteiger partial charge in [-0.2, -0.15) is 0 Å². The number of unbranched alkanes of at least 4 members (excludes halogenated alkanes) is 2. The lowest BCUT2D eigenvalue weighted by atomic mass is 9.60. The highest BCUT2D eigenvalue weighted by atomic mass is 16.3. The number of hydrogen-bond donors (Lipinski definition) is 4. The maximum absolute atomic E-state index is 13.0. The molecule has 4 heteroatoms. The molecule has 0 radical (unpaired) electrons. The van der Waals surface area contributed by atoms with E-state index >= 15 is 0 Å². The number of hydrogen-bond acceptors (Lipinski definition) is 4. The van der Waals surface area contributed by atoms with Gasteiger partial charge in [-0.1, -0.05) is 105 Å². The summed E-state index contributed by atoms with van der Waals surface area (Å²) < 4.78 is 0. The molecule has 0 spiro atoms. The van der Waals surface area contributed by atoms with E-state index in [2.05, 4.69) is 79.7 Å². The van der Waals surface area contributed by atoms with Gasteiger partial charge in [0.25, 0.3) is 0 Å². The summed E-state index contributed by atoms with van der Waals surface area (Å²) >= 11 is 0. The van der Waals surface area contributed by atoms with Gasteiger partial charge < -0.3 is 20.4 Å². The summed E-state index contributed by atoms with van der Waals surface area (Å²) in [5, 5.41) is 45.1. The van der Waals surface area contributed by atoms with Crippen LogP contribution >= 0.6 is 0 Å². The predicted molar refractivity (Wildman–Crippen MR) is 154 cm³/mol. The van der Waals surface area contributed by atoms with E-state index in [4.69, 9.17) is 0 Å². The van der Waals surface area contributed by atoms with Crippen molar-refractivity contribution in [2.75, 3.05) is 19.8 Å². The molecule has 0 aliphatic rings. The molecule has 208 valence electrons. The van der Waals surface area contributed by atoms with Gasteiger partial charge in [0.2, 0.25) is 0 Å². The van der Waals surface area contributed by atoms with Crippen LogP contribution in [0.3, 0.4) is 0 Å². The Bertz CT molecular complexity index is 928. The average molecular weight is 513 g/mol. The van der Waals surface area contributed by atoms with Crippen molar-refractivity contribution < 1.29 is 20.4 Å². The highest BCUT2D eigenvalue weighted by molar-refractivity contribution is 5.52. The van der Waals surface area contributed by atoms with Crippen molar-refractivity contribution in [3.05, 3.63) is 69.8 Å². The molecule has 2 rings (SSSR count). The van der Waals surface area contributed by atoms with Crippen molar-refractivity contribution >= 4 is 0 Å². The van der Waals surface area contributed by atoms with Crippen molar-refractivity contribution in [2.45, 2.75) is 110 Å². The van der Waals surface area contributed by atoms with E-state index in [1.807, 2.05) is 12.1 Å². The Morgan fingerprint density at radius 3 is 1.19 bits per heavy atom. The summed E-state index contributed by atoms with van der Waals surface area (Å²) in [5.74, 6) is 0. The summed E-state index contributed by atoms with van der Waals surface area (Å²) in [6, 6.07) is 12.3. The van der Waals surface area contributed by atoms with Crippen molar-refractivity contribution in [3.63, 3.8) is 0 Å². The van der Waals surface area contributed by atoms with Crippen LogP contribution < -0.4 is 0 Å². The molecule has 2 aromatic rings. The summed E-state index contributed by atoms with van der Waals surface area (Å²) in [4.78, 5) is 0. The minimum Gasteiger partial charge on any atom is -0.395 e. The van der Waals surface area contributed by atoms with Gasteiger partial charge in [-0.15, -0.1) is 0 Å². The Kier molecular flexibility index (Phi) is 10.6. The normalized spacial score (nSPS) is 13.3. The topological polar surface area (TPSA) is 80.9 Å². The van der Waals surface area contributed by atoms with Crippen LogP contribution in [0.1, 0.15) is 114 Å². The van der Waals surface area contributed by atoms with Crippen molar-refractivity contribution in [2.24, 2.45) is 5.41 Å². The molecule has 2 aromatic carbocycles.